The third-order valence-corrected chi connectivity index (χ3v) is 5.91. The van der Waals surface area contributed by atoms with Gasteiger partial charge < -0.3 is 14.6 Å². The van der Waals surface area contributed by atoms with Crippen LogP contribution in [0.2, 0.25) is 5.02 Å². The number of hydrogen-bond acceptors (Lipinski definition) is 4. The van der Waals surface area contributed by atoms with Crippen LogP contribution in [0.1, 0.15) is 11.1 Å². The van der Waals surface area contributed by atoms with Crippen molar-refractivity contribution in [3.63, 3.8) is 0 Å². The molecule has 1 aromatic heterocycles. The second kappa shape index (κ2) is 10.4. The standard InChI is InChI=1S/C27H25ClN2O4/c1-18-14-26(34-17-27(31)32)21(15-22(18)28)23-16-24(20-10-6-7-11-25(20)33-2)30(29-23)13-12-19-8-4-3-5-9-19/h3-11,14-16H,12-13,17H2,1-2H3,(H,31,32). The van der Waals surface area contributed by atoms with Gasteiger partial charge in [0.1, 0.15) is 11.5 Å². The van der Waals surface area contributed by atoms with E-state index in [0.29, 0.717) is 28.6 Å². The molecule has 0 radical (unpaired) electrons. The molecule has 0 amide bonds. The van der Waals surface area contributed by atoms with Gasteiger partial charge in [0, 0.05) is 22.7 Å². The van der Waals surface area contributed by atoms with Gasteiger partial charge >= 0.3 is 5.97 Å². The first-order valence-corrected chi connectivity index (χ1v) is 11.2. The van der Waals surface area contributed by atoms with Gasteiger partial charge in [0.05, 0.1) is 18.5 Å². The Hall–Kier alpha value is -3.77. The van der Waals surface area contributed by atoms with Crippen LogP contribution in [0.5, 0.6) is 11.5 Å². The number of para-hydroxylation sites is 1. The number of carbonyl (C=O) groups is 1. The molecule has 0 aliphatic carbocycles. The first kappa shape index (κ1) is 23.4. The van der Waals surface area contributed by atoms with Crippen molar-refractivity contribution in [2.75, 3.05) is 13.7 Å². The molecule has 174 valence electrons. The van der Waals surface area contributed by atoms with Crippen molar-refractivity contribution in [3.05, 3.63) is 88.9 Å². The highest BCUT2D eigenvalue weighted by atomic mass is 35.5. The van der Waals surface area contributed by atoms with E-state index in [1.165, 1.54) is 5.56 Å². The van der Waals surface area contributed by atoms with Crippen molar-refractivity contribution in [2.45, 2.75) is 19.9 Å². The molecular weight excluding hydrogens is 452 g/mol. The maximum Gasteiger partial charge on any atom is 0.341 e. The van der Waals surface area contributed by atoms with E-state index >= 15 is 0 Å². The van der Waals surface area contributed by atoms with Crippen LogP contribution in [0.4, 0.5) is 0 Å². The highest BCUT2D eigenvalue weighted by molar-refractivity contribution is 6.31. The third kappa shape index (κ3) is 5.24. The normalized spacial score (nSPS) is 10.8. The zero-order chi connectivity index (χ0) is 24.1. The fraction of sp³-hybridized carbons (Fsp3) is 0.185. The van der Waals surface area contributed by atoms with E-state index in [4.69, 9.17) is 31.3 Å². The first-order chi connectivity index (χ1) is 16.5. The topological polar surface area (TPSA) is 73.6 Å². The number of benzene rings is 3. The molecule has 0 atom stereocenters. The number of aryl methyl sites for hydroxylation is 3. The first-order valence-electron chi connectivity index (χ1n) is 10.9. The molecule has 0 aliphatic heterocycles. The Bertz CT molecular complexity index is 1300. The van der Waals surface area contributed by atoms with Crippen molar-refractivity contribution >= 4 is 17.6 Å². The molecule has 3 aromatic carbocycles. The molecule has 0 spiro atoms. The van der Waals surface area contributed by atoms with Gasteiger partial charge in [-0.3, -0.25) is 4.68 Å². The average Bonchev–Trinajstić information content (AvgIpc) is 3.27. The summed E-state index contributed by atoms with van der Waals surface area (Å²) in [5.74, 6) is 0.101. The lowest BCUT2D eigenvalue weighted by molar-refractivity contribution is -0.139. The Morgan fingerprint density at radius 3 is 2.47 bits per heavy atom. The van der Waals surface area contributed by atoms with Crippen molar-refractivity contribution in [2.24, 2.45) is 0 Å². The van der Waals surface area contributed by atoms with Crippen molar-refractivity contribution in [1.82, 2.24) is 9.78 Å². The van der Waals surface area contributed by atoms with Gasteiger partial charge in [-0.05, 0) is 54.8 Å². The predicted octanol–water partition coefficient (Wildman–Crippen LogP) is 5.89. The van der Waals surface area contributed by atoms with Gasteiger partial charge in [0.25, 0.3) is 0 Å². The van der Waals surface area contributed by atoms with Gasteiger partial charge in [-0.1, -0.05) is 54.1 Å². The molecule has 0 unspecified atom stereocenters. The van der Waals surface area contributed by atoms with Crippen LogP contribution in [0.25, 0.3) is 22.5 Å². The Labute approximate surface area is 203 Å². The molecule has 34 heavy (non-hydrogen) atoms. The summed E-state index contributed by atoms with van der Waals surface area (Å²) in [7, 11) is 1.64. The number of hydrogen-bond donors (Lipinski definition) is 1. The van der Waals surface area contributed by atoms with Gasteiger partial charge in [-0.25, -0.2) is 4.79 Å². The summed E-state index contributed by atoms with van der Waals surface area (Å²) in [4.78, 5) is 11.1. The summed E-state index contributed by atoms with van der Waals surface area (Å²) in [6.07, 6.45) is 0.793. The lowest BCUT2D eigenvalue weighted by atomic mass is 10.1. The second-order valence-electron chi connectivity index (χ2n) is 7.85. The number of rotatable bonds is 9. The SMILES string of the molecule is COc1ccccc1-c1cc(-c2cc(Cl)c(C)cc2OCC(=O)O)nn1CCc1ccccc1. The number of aliphatic carboxylic acids is 1. The van der Waals surface area contributed by atoms with Crippen LogP contribution in [0.15, 0.2) is 72.8 Å². The highest BCUT2D eigenvalue weighted by Gasteiger charge is 2.19. The molecule has 0 saturated carbocycles. The number of nitrogens with zero attached hydrogens (tertiary/aromatic N) is 2. The fourth-order valence-corrected chi connectivity index (χ4v) is 3.95. The number of halogens is 1. The molecular formula is C27H25ClN2O4. The summed E-state index contributed by atoms with van der Waals surface area (Å²) in [5, 5.41) is 14.5. The predicted molar refractivity (Wildman–Crippen MR) is 133 cm³/mol. The molecule has 1 heterocycles. The summed E-state index contributed by atoms with van der Waals surface area (Å²) in [6, 6.07) is 23.5. The molecule has 0 bridgehead atoms. The number of carboxylic acids is 1. The van der Waals surface area contributed by atoms with E-state index in [2.05, 4.69) is 12.1 Å². The molecule has 1 N–H and O–H groups in total. The Balaban J connectivity index is 1.80. The molecule has 0 aliphatic rings. The van der Waals surface area contributed by atoms with Crippen molar-refractivity contribution < 1.29 is 19.4 Å². The van der Waals surface area contributed by atoms with Crippen LogP contribution in [0.3, 0.4) is 0 Å². The zero-order valence-corrected chi connectivity index (χ0v) is 19.7. The lowest BCUT2D eigenvalue weighted by Crippen LogP contribution is -2.10. The van der Waals surface area contributed by atoms with Gasteiger partial charge in [0.15, 0.2) is 6.61 Å². The van der Waals surface area contributed by atoms with E-state index in [0.717, 1.165) is 29.0 Å². The number of aromatic nitrogens is 2. The molecule has 0 fully saturated rings. The maximum atomic E-state index is 11.1. The van der Waals surface area contributed by atoms with Crippen LogP contribution in [-0.2, 0) is 17.8 Å². The second-order valence-corrected chi connectivity index (χ2v) is 8.26. The summed E-state index contributed by atoms with van der Waals surface area (Å²) in [5.41, 5.74) is 5.05. The van der Waals surface area contributed by atoms with Gasteiger partial charge in [-0.15, -0.1) is 0 Å². The van der Waals surface area contributed by atoms with Gasteiger partial charge in [0.2, 0.25) is 0 Å². The van der Waals surface area contributed by atoms with Crippen LogP contribution >= 0.6 is 11.6 Å². The Kier molecular flexibility index (Phi) is 7.18. The Morgan fingerprint density at radius 1 is 1.00 bits per heavy atom. The number of ether oxygens (including phenoxy) is 2. The zero-order valence-electron chi connectivity index (χ0n) is 19.0. The summed E-state index contributed by atoms with van der Waals surface area (Å²) >= 11 is 6.42. The smallest absolute Gasteiger partial charge is 0.341 e. The minimum absolute atomic E-state index is 0.420. The highest BCUT2D eigenvalue weighted by Crippen LogP contribution is 2.38. The summed E-state index contributed by atoms with van der Waals surface area (Å²) in [6.45, 7) is 2.03. The largest absolute Gasteiger partial charge is 0.496 e. The van der Waals surface area contributed by atoms with Crippen LogP contribution < -0.4 is 9.47 Å². The minimum Gasteiger partial charge on any atom is -0.496 e. The van der Waals surface area contributed by atoms with Gasteiger partial charge in [-0.2, -0.15) is 5.10 Å². The molecule has 7 heteroatoms. The monoisotopic (exact) mass is 476 g/mol. The van der Waals surface area contributed by atoms with E-state index < -0.39 is 12.6 Å². The fourth-order valence-electron chi connectivity index (χ4n) is 3.79. The summed E-state index contributed by atoms with van der Waals surface area (Å²) < 4.78 is 13.1. The van der Waals surface area contributed by atoms with Crippen molar-refractivity contribution in [1.29, 1.82) is 0 Å². The van der Waals surface area contributed by atoms with Crippen LogP contribution in [-0.4, -0.2) is 34.6 Å². The Morgan fingerprint density at radius 2 is 1.74 bits per heavy atom. The van der Waals surface area contributed by atoms with E-state index in [1.807, 2.05) is 60.1 Å². The number of carboxylic acid groups (broad SMARTS) is 1. The lowest BCUT2D eigenvalue weighted by Gasteiger charge is -2.11. The minimum atomic E-state index is -1.05. The maximum absolute atomic E-state index is 11.1. The average molecular weight is 477 g/mol. The van der Waals surface area contributed by atoms with E-state index in [-0.39, 0.29) is 0 Å². The van der Waals surface area contributed by atoms with E-state index in [1.54, 1.807) is 19.2 Å². The van der Waals surface area contributed by atoms with Crippen LogP contribution in [0, 0.1) is 6.92 Å². The molecule has 6 nitrogen and oxygen atoms in total. The van der Waals surface area contributed by atoms with Crippen molar-refractivity contribution in [3.8, 4) is 34.0 Å². The molecule has 0 saturated heterocycles. The number of methoxy groups -OCH3 is 1. The third-order valence-electron chi connectivity index (χ3n) is 5.51. The quantitative estimate of drug-likeness (QED) is 0.326. The molecule has 4 rings (SSSR count). The molecule has 4 aromatic rings. The van der Waals surface area contributed by atoms with E-state index in [9.17, 15) is 4.79 Å².